The minimum absolute atomic E-state index is 0.0109. The van der Waals surface area contributed by atoms with Gasteiger partial charge in [0.25, 0.3) is 0 Å². The molecule has 0 radical (unpaired) electrons. The number of anilines is 1. The molecule has 0 spiro atoms. The normalized spacial score (nSPS) is 16.3. The highest BCUT2D eigenvalue weighted by Crippen LogP contribution is 2.29. The van der Waals surface area contributed by atoms with Crippen LogP contribution >= 0.6 is 0 Å². The fourth-order valence-electron chi connectivity index (χ4n) is 3.48. The predicted molar refractivity (Wildman–Crippen MR) is 106 cm³/mol. The average Bonchev–Trinajstić information content (AvgIpc) is 2.62. The Morgan fingerprint density at radius 3 is 2.60 bits per heavy atom. The summed E-state index contributed by atoms with van der Waals surface area (Å²) in [5, 5.41) is 3.02. The van der Waals surface area contributed by atoms with Crippen LogP contribution in [0.5, 0.6) is 0 Å². The first kappa shape index (κ1) is 19.9. The lowest BCUT2D eigenvalue weighted by atomic mass is 9.89. The number of piperidine rings is 1. The number of nitrogens with zero attached hydrogens (tertiary/aromatic N) is 1. The van der Waals surface area contributed by atoms with E-state index in [0.29, 0.717) is 5.92 Å². The van der Waals surface area contributed by atoms with Crippen LogP contribution in [-0.4, -0.2) is 37.0 Å². The molecule has 1 aromatic rings. The molecule has 1 fully saturated rings. The molecule has 4 nitrogen and oxygen atoms in total. The van der Waals surface area contributed by atoms with Crippen molar-refractivity contribution in [2.45, 2.75) is 58.3 Å². The van der Waals surface area contributed by atoms with Gasteiger partial charge in [0.2, 0.25) is 5.91 Å². The standard InChI is InChI=1S/C21H35N3O/c1-17(2)21(25)23-20-9-7-8-19(16-20)18-10-14-24(15-11-18)13-6-4-3-5-12-22/h7-9,16-18H,3-6,10-15,22H2,1-2H3,(H,23,25). The molecule has 1 amide bonds. The van der Waals surface area contributed by atoms with Gasteiger partial charge in [0.15, 0.2) is 0 Å². The highest BCUT2D eigenvalue weighted by molar-refractivity contribution is 5.92. The molecule has 1 aliphatic rings. The van der Waals surface area contributed by atoms with Crippen molar-refractivity contribution in [3.05, 3.63) is 29.8 Å². The SMILES string of the molecule is CC(C)C(=O)Nc1cccc(C2CCN(CCCCCCN)CC2)c1. The number of nitrogens with one attached hydrogen (secondary N) is 1. The fourth-order valence-corrected chi connectivity index (χ4v) is 3.48. The van der Waals surface area contributed by atoms with Crippen LogP contribution in [-0.2, 0) is 4.79 Å². The van der Waals surface area contributed by atoms with Gasteiger partial charge in [0.05, 0.1) is 0 Å². The van der Waals surface area contributed by atoms with Gasteiger partial charge in [-0.1, -0.05) is 38.8 Å². The number of nitrogens with two attached hydrogens (primary N) is 1. The Bertz CT molecular complexity index is 522. The van der Waals surface area contributed by atoms with Gasteiger partial charge in [0, 0.05) is 11.6 Å². The molecular weight excluding hydrogens is 310 g/mol. The largest absolute Gasteiger partial charge is 0.330 e. The number of carbonyl (C=O) groups is 1. The zero-order valence-electron chi connectivity index (χ0n) is 16.0. The summed E-state index contributed by atoms with van der Waals surface area (Å²) in [6.45, 7) is 8.26. The molecule has 1 heterocycles. The summed E-state index contributed by atoms with van der Waals surface area (Å²) < 4.78 is 0. The van der Waals surface area contributed by atoms with Crippen molar-refractivity contribution in [3.8, 4) is 0 Å². The molecule has 140 valence electrons. The third-order valence-electron chi connectivity index (χ3n) is 5.17. The Hall–Kier alpha value is -1.39. The van der Waals surface area contributed by atoms with Gasteiger partial charge in [-0.15, -0.1) is 0 Å². The summed E-state index contributed by atoms with van der Waals surface area (Å²) in [6.07, 6.45) is 7.44. The Morgan fingerprint density at radius 2 is 1.92 bits per heavy atom. The van der Waals surface area contributed by atoms with Gasteiger partial charge >= 0.3 is 0 Å². The zero-order valence-corrected chi connectivity index (χ0v) is 16.0. The van der Waals surface area contributed by atoms with Gasteiger partial charge in [-0.3, -0.25) is 4.79 Å². The lowest BCUT2D eigenvalue weighted by Crippen LogP contribution is -2.33. The molecule has 0 atom stereocenters. The molecule has 0 unspecified atom stereocenters. The monoisotopic (exact) mass is 345 g/mol. The summed E-state index contributed by atoms with van der Waals surface area (Å²) in [6, 6.07) is 8.42. The minimum atomic E-state index is 0.0109. The highest BCUT2D eigenvalue weighted by Gasteiger charge is 2.20. The van der Waals surface area contributed by atoms with Crippen LogP contribution in [0.1, 0.15) is 63.9 Å². The quantitative estimate of drug-likeness (QED) is 0.666. The summed E-state index contributed by atoms with van der Waals surface area (Å²) in [7, 11) is 0. The first-order valence-electron chi connectivity index (χ1n) is 9.93. The van der Waals surface area contributed by atoms with Crippen molar-refractivity contribution in [2.24, 2.45) is 11.7 Å². The first-order valence-corrected chi connectivity index (χ1v) is 9.93. The first-order chi connectivity index (χ1) is 12.1. The molecule has 2 rings (SSSR count). The van der Waals surface area contributed by atoms with E-state index in [0.717, 1.165) is 18.7 Å². The summed E-state index contributed by atoms with van der Waals surface area (Å²) in [4.78, 5) is 14.5. The van der Waals surface area contributed by atoms with Gasteiger partial charge in [-0.2, -0.15) is 0 Å². The van der Waals surface area contributed by atoms with E-state index in [1.165, 1.54) is 57.3 Å². The molecular formula is C21H35N3O. The maximum Gasteiger partial charge on any atom is 0.226 e. The second-order valence-corrected chi connectivity index (χ2v) is 7.59. The van der Waals surface area contributed by atoms with Crippen LogP contribution in [0.25, 0.3) is 0 Å². The van der Waals surface area contributed by atoms with Gasteiger partial charge < -0.3 is 16.0 Å². The van der Waals surface area contributed by atoms with Gasteiger partial charge in [-0.25, -0.2) is 0 Å². The van der Waals surface area contributed by atoms with Crippen LogP contribution in [0, 0.1) is 5.92 Å². The van der Waals surface area contributed by atoms with E-state index in [1.807, 2.05) is 19.9 Å². The number of benzene rings is 1. The Balaban J connectivity index is 1.77. The number of amides is 1. The number of rotatable bonds is 9. The van der Waals surface area contributed by atoms with Crippen LogP contribution in [0.2, 0.25) is 0 Å². The van der Waals surface area contributed by atoms with Crippen LogP contribution in [0.3, 0.4) is 0 Å². The Labute approximate surface area is 153 Å². The second-order valence-electron chi connectivity index (χ2n) is 7.59. The van der Waals surface area contributed by atoms with Crippen molar-refractivity contribution in [2.75, 3.05) is 31.5 Å². The van der Waals surface area contributed by atoms with Crippen molar-refractivity contribution in [3.63, 3.8) is 0 Å². The topological polar surface area (TPSA) is 58.4 Å². The third kappa shape index (κ3) is 6.79. The van der Waals surface area contributed by atoms with Crippen LogP contribution < -0.4 is 11.1 Å². The number of hydrogen-bond donors (Lipinski definition) is 2. The maximum atomic E-state index is 11.9. The number of likely N-dealkylation sites (tertiary alicyclic amines) is 1. The van der Waals surface area contributed by atoms with Crippen molar-refractivity contribution in [1.82, 2.24) is 4.90 Å². The molecule has 0 aromatic heterocycles. The van der Waals surface area contributed by atoms with E-state index in [1.54, 1.807) is 0 Å². The second kappa shape index (κ2) is 10.6. The summed E-state index contributed by atoms with van der Waals surface area (Å²) in [5.41, 5.74) is 7.84. The molecule has 3 N–H and O–H groups in total. The van der Waals surface area contributed by atoms with E-state index in [-0.39, 0.29) is 11.8 Å². The van der Waals surface area contributed by atoms with E-state index in [4.69, 9.17) is 5.73 Å². The van der Waals surface area contributed by atoms with E-state index < -0.39 is 0 Å². The molecule has 1 saturated heterocycles. The maximum absolute atomic E-state index is 11.9. The molecule has 1 aliphatic heterocycles. The summed E-state index contributed by atoms with van der Waals surface area (Å²) >= 11 is 0. The lowest BCUT2D eigenvalue weighted by molar-refractivity contribution is -0.118. The highest BCUT2D eigenvalue weighted by atomic mass is 16.1. The van der Waals surface area contributed by atoms with E-state index in [9.17, 15) is 4.79 Å². The molecule has 0 saturated carbocycles. The van der Waals surface area contributed by atoms with E-state index >= 15 is 0 Å². The molecule has 25 heavy (non-hydrogen) atoms. The number of unbranched alkanes of at least 4 members (excludes halogenated alkanes) is 3. The molecule has 0 bridgehead atoms. The smallest absolute Gasteiger partial charge is 0.226 e. The van der Waals surface area contributed by atoms with Crippen LogP contribution in [0.15, 0.2) is 24.3 Å². The molecule has 1 aromatic carbocycles. The fraction of sp³-hybridized carbons (Fsp3) is 0.667. The number of hydrogen-bond acceptors (Lipinski definition) is 3. The zero-order chi connectivity index (χ0) is 18.1. The third-order valence-corrected chi connectivity index (χ3v) is 5.17. The Kier molecular flexibility index (Phi) is 8.42. The van der Waals surface area contributed by atoms with Crippen molar-refractivity contribution < 1.29 is 4.79 Å². The molecule has 0 aliphatic carbocycles. The lowest BCUT2D eigenvalue weighted by Gasteiger charge is -2.32. The van der Waals surface area contributed by atoms with Crippen molar-refractivity contribution in [1.29, 1.82) is 0 Å². The number of carbonyl (C=O) groups excluding carboxylic acids is 1. The van der Waals surface area contributed by atoms with Gasteiger partial charge in [0.1, 0.15) is 0 Å². The van der Waals surface area contributed by atoms with Gasteiger partial charge in [-0.05, 0) is 75.5 Å². The molecule has 4 heteroatoms. The van der Waals surface area contributed by atoms with E-state index in [2.05, 4.69) is 28.4 Å². The predicted octanol–water partition coefficient (Wildman–Crippen LogP) is 3.98. The minimum Gasteiger partial charge on any atom is -0.330 e. The summed E-state index contributed by atoms with van der Waals surface area (Å²) in [5.74, 6) is 0.711. The average molecular weight is 346 g/mol. The van der Waals surface area contributed by atoms with Crippen molar-refractivity contribution >= 4 is 11.6 Å². The Morgan fingerprint density at radius 1 is 1.20 bits per heavy atom. The van der Waals surface area contributed by atoms with Crippen LogP contribution in [0.4, 0.5) is 5.69 Å².